The third-order valence-corrected chi connectivity index (χ3v) is 6.29. The van der Waals surface area contributed by atoms with E-state index in [0.29, 0.717) is 10.4 Å². The van der Waals surface area contributed by atoms with Gasteiger partial charge in [0.1, 0.15) is 12.6 Å². The van der Waals surface area contributed by atoms with Gasteiger partial charge in [-0.3, -0.25) is 14.4 Å². The predicted molar refractivity (Wildman–Crippen MR) is 133 cm³/mol. The molecule has 0 bridgehead atoms. The van der Waals surface area contributed by atoms with Gasteiger partial charge in [0, 0.05) is 18.8 Å². The maximum absolute atomic E-state index is 13.9. The highest BCUT2D eigenvalue weighted by Crippen LogP contribution is 2.38. The van der Waals surface area contributed by atoms with Crippen molar-refractivity contribution in [2.24, 2.45) is 0 Å². The fourth-order valence-electron chi connectivity index (χ4n) is 3.40. The summed E-state index contributed by atoms with van der Waals surface area (Å²) < 4.78 is 51.9. The van der Waals surface area contributed by atoms with Crippen molar-refractivity contribution >= 4 is 58.1 Å². The number of benzene rings is 1. The van der Waals surface area contributed by atoms with E-state index in [1.165, 1.54) is 18.2 Å². The highest BCUT2D eigenvalue weighted by atomic mass is 35.5. The lowest BCUT2D eigenvalue weighted by Crippen LogP contribution is -2.51. The van der Waals surface area contributed by atoms with Gasteiger partial charge in [0.2, 0.25) is 5.91 Å². The second-order valence-electron chi connectivity index (χ2n) is 8.28. The molecule has 206 valence electrons. The highest BCUT2D eigenvalue weighted by molar-refractivity contribution is 7.18. The number of alkyl carbamates (subject to hydrolysis) is 1. The van der Waals surface area contributed by atoms with Gasteiger partial charge in [0.15, 0.2) is 0 Å². The molecule has 1 atom stereocenters. The van der Waals surface area contributed by atoms with Crippen LogP contribution in [0.4, 0.5) is 29.3 Å². The number of alkyl halides is 3. The first-order valence-electron chi connectivity index (χ1n) is 11.3. The lowest BCUT2D eigenvalue weighted by molar-refractivity contribution is -0.137. The zero-order chi connectivity index (χ0) is 28.0. The molecule has 1 fully saturated rings. The molecule has 1 aromatic heterocycles. The van der Waals surface area contributed by atoms with Gasteiger partial charge in [-0.05, 0) is 44.2 Å². The van der Waals surface area contributed by atoms with Crippen LogP contribution in [0, 0.1) is 0 Å². The minimum Gasteiger partial charge on any atom is -0.447 e. The third kappa shape index (κ3) is 7.82. The summed E-state index contributed by atoms with van der Waals surface area (Å²) in [7, 11) is 0. The van der Waals surface area contributed by atoms with Crippen LogP contribution in [0.25, 0.3) is 0 Å². The number of amides is 4. The number of carbonyl (C=O) groups excluding carboxylic acids is 4. The molecule has 2 heterocycles. The first-order chi connectivity index (χ1) is 17.8. The Hall–Kier alpha value is -3.36. The van der Waals surface area contributed by atoms with E-state index in [9.17, 15) is 32.3 Å². The summed E-state index contributed by atoms with van der Waals surface area (Å²) in [5.41, 5.74) is -1.76. The summed E-state index contributed by atoms with van der Waals surface area (Å²) >= 11 is 6.83. The molecular weight excluding hydrogens is 553 g/mol. The lowest BCUT2D eigenvalue weighted by atomic mass is 10.1. The Kier molecular flexibility index (Phi) is 9.57. The van der Waals surface area contributed by atoms with E-state index < -0.39 is 54.2 Å². The number of rotatable bonds is 8. The van der Waals surface area contributed by atoms with Gasteiger partial charge in [-0.1, -0.05) is 11.6 Å². The number of hydrogen-bond donors (Lipinski definition) is 3. The van der Waals surface area contributed by atoms with E-state index in [0.717, 1.165) is 22.3 Å². The number of nitrogens with one attached hydrogen (secondary N) is 3. The number of anilines is 2. The van der Waals surface area contributed by atoms with Crippen LogP contribution in [-0.2, 0) is 25.2 Å². The molecule has 3 N–H and O–H groups in total. The van der Waals surface area contributed by atoms with Crippen LogP contribution in [0.2, 0.25) is 4.34 Å². The molecule has 1 aromatic carbocycles. The van der Waals surface area contributed by atoms with Crippen LogP contribution in [0.1, 0.15) is 29.1 Å². The molecule has 0 radical (unpaired) electrons. The van der Waals surface area contributed by atoms with Gasteiger partial charge in [-0.25, -0.2) is 4.79 Å². The molecule has 3 rings (SSSR count). The molecular formula is C23H24ClF3N4O6S. The third-order valence-electron chi connectivity index (χ3n) is 5.06. The van der Waals surface area contributed by atoms with E-state index >= 15 is 0 Å². The van der Waals surface area contributed by atoms with Gasteiger partial charge >= 0.3 is 12.3 Å². The maximum Gasteiger partial charge on any atom is 0.418 e. The molecule has 1 aliphatic rings. The van der Waals surface area contributed by atoms with E-state index in [2.05, 4.69) is 16.0 Å². The first kappa shape index (κ1) is 29.2. The Balaban J connectivity index is 1.80. The Morgan fingerprint density at radius 3 is 2.55 bits per heavy atom. The van der Waals surface area contributed by atoms with Crippen LogP contribution in [0.15, 0.2) is 30.3 Å². The van der Waals surface area contributed by atoms with Crippen LogP contribution < -0.4 is 20.9 Å². The summed E-state index contributed by atoms with van der Waals surface area (Å²) in [5, 5.41) is 7.09. The van der Waals surface area contributed by atoms with Crippen molar-refractivity contribution in [2.45, 2.75) is 32.2 Å². The summed E-state index contributed by atoms with van der Waals surface area (Å²) in [6.07, 6.45) is -6.33. The average Bonchev–Trinajstić information content (AvgIpc) is 3.27. The molecule has 15 heteroatoms. The fraction of sp³-hybridized carbons (Fsp3) is 0.391. The standard InChI is InChI=1S/C23H24ClF3N4O6S/c1-12(2)37-22(35)30-15(10-28-21(34)17-5-6-18(24)38-17)20(33)29-13-3-4-16(14(9-13)23(25,26)27)31-7-8-36-11-19(31)32/h3-6,9,12,15H,7-8,10-11H2,1-2H3,(H,28,34)(H,29,33)(H,30,35)/t15-/m1/s1. The maximum atomic E-state index is 13.9. The zero-order valence-electron chi connectivity index (χ0n) is 20.2. The largest absolute Gasteiger partial charge is 0.447 e. The topological polar surface area (TPSA) is 126 Å². The number of nitrogens with zero attached hydrogens (tertiary/aromatic N) is 1. The van der Waals surface area contributed by atoms with Gasteiger partial charge in [-0.15, -0.1) is 11.3 Å². The van der Waals surface area contributed by atoms with Crippen molar-refractivity contribution in [3.63, 3.8) is 0 Å². The van der Waals surface area contributed by atoms with Crippen LogP contribution >= 0.6 is 22.9 Å². The first-order valence-corrected chi connectivity index (χ1v) is 12.5. The molecule has 0 saturated carbocycles. The number of ether oxygens (including phenoxy) is 2. The van der Waals surface area contributed by atoms with Crippen LogP contribution in [0.5, 0.6) is 0 Å². The van der Waals surface area contributed by atoms with E-state index in [4.69, 9.17) is 21.1 Å². The fourth-order valence-corrected chi connectivity index (χ4v) is 4.36. The van der Waals surface area contributed by atoms with Crippen molar-refractivity contribution in [2.75, 3.05) is 36.5 Å². The minimum atomic E-state index is -4.84. The quantitative estimate of drug-likeness (QED) is 0.440. The van der Waals surface area contributed by atoms with Gasteiger partial charge in [0.05, 0.1) is 33.2 Å². The van der Waals surface area contributed by atoms with Crippen molar-refractivity contribution in [3.05, 3.63) is 45.1 Å². The summed E-state index contributed by atoms with van der Waals surface area (Å²) in [6.45, 7) is 2.42. The van der Waals surface area contributed by atoms with Crippen LogP contribution in [0.3, 0.4) is 0 Å². The second kappa shape index (κ2) is 12.5. The normalized spacial score (nSPS) is 14.7. The highest BCUT2D eigenvalue weighted by Gasteiger charge is 2.37. The SMILES string of the molecule is CC(C)OC(=O)N[C@H](CNC(=O)c1ccc(Cl)s1)C(=O)Nc1ccc(N2CCOCC2=O)c(C(F)(F)F)c1. The number of halogens is 4. The monoisotopic (exact) mass is 576 g/mol. The second-order valence-corrected chi connectivity index (χ2v) is 10.00. The molecule has 0 aliphatic carbocycles. The molecule has 0 spiro atoms. The van der Waals surface area contributed by atoms with E-state index in [-0.39, 0.29) is 36.0 Å². The van der Waals surface area contributed by atoms with E-state index in [1.807, 2.05) is 0 Å². The molecule has 0 unspecified atom stereocenters. The molecule has 1 saturated heterocycles. The minimum absolute atomic E-state index is 0.0628. The van der Waals surface area contributed by atoms with Gasteiger partial charge in [0.25, 0.3) is 11.8 Å². The predicted octanol–water partition coefficient (Wildman–Crippen LogP) is 3.66. The van der Waals surface area contributed by atoms with Gasteiger partial charge < -0.3 is 30.3 Å². The summed E-state index contributed by atoms with van der Waals surface area (Å²) in [5.74, 6) is -2.12. The molecule has 10 nitrogen and oxygen atoms in total. The Morgan fingerprint density at radius 1 is 1.21 bits per heavy atom. The molecule has 1 aliphatic heterocycles. The van der Waals surface area contributed by atoms with Gasteiger partial charge in [-0.2, -0.15) is 13.2 Å². The summed E-state index contributed by atoms with van der Waals surface area (Å²) in [6, 6.07) is 4.52. The number of thiophene rings is 1. The Bertz CT molecular complexity index is 1210. The van der Waals surface area contributed by atoms with Crippen molar-refractivity contribution in [1.29, 1.82) is 0 Å². The van der Waals surface area contributed by atoms with Crippen molar-refractivity contribution < 1.29 is 41.8 Å². The summed E-state index contributed by atoms with van der Waals surface area (Å²) in [4.78, 5) is 50.8. The average molecular weight is 577 g/mol. The Labute approximate surface area is 224 Å². The van der Waals surface area contributed by atoms with Crippen molar-refractivity contribution in [3.8, 4) is 0 Å². The Morgan fingerprint density at radius 2 is 1.95 bits per heavy atom. The molecule has 4 amide bonds. The number of morpholine rings is 1. The molecule has 2 aromatic rings. The smallest absolute Gasteiger partial charge is 0.418 e. The van der Waals surface area contributed by atoms with Crippen LogP contribution in [-0.4, -0.2) is 62.3 Å². The lowest BCUT2D eigenvalue weighted by Gasteiger charge is -2.29. The zero-order valence-corrected chi connectivity index (χ0v) is 21.8. The number of hydrogen-bond acceptors (Lipinski definition) is 7. The number of carbonyl (C=O) groups is 4. The molecule has 38 heavy (non-hydrogen) atoms. The van der Waals surface area contributed by atoms with E-state index in [1.54, 1.807) is 13.8 Å². The van der Waals surface area contributed by atoms with Crippen molar-refractivity contribution in [1.82, 2.24) is 10.6 Å².